The lowest BCUT2D eigenvalue weighted by molar-refractivity contribution is -0.149. The summed E-state index contributed by atoms with van der Waals surface area (Å²) in [4.78, 5) is 112. The zero-order valence-electron chi connectivity index (χ0n) is 42.5. The molecule has 0 bridgehead atoms. The van der Waals surface area contributed by atoms with Crippen molar-refractivity contribution in [2.24, 2.45) is 29.1 Å². The van der Waals surface area contributed by atoms with Gasteiger partial charge in [0.25, 0.3) is 11.8 Å². The molecule has 4 unspecified atom stereocenters. The number of nitrogens with zero attached hydrogens (tertiary/aromatic N) is 4. The van der Waals surface area contributed by atoms with Gasteiger partial charge in [0, 0.05) is 66.4 Å². The van der Waals surface area contributed by atoms with Crippen molar-refractivity contribution < 1.29 is 57.3 Å². The molecule has 1 spiro atoms. The van der Waals surface area contributed by atoms with Crippen LogP contribution in [0.3, 0.4) is 0 Å². The van der Waals surface area contributed by atoms with Gasteiger partial charge in [-0.05, 0) is 66.9 Å². The topological polar surface area (TPSA) is 212 Å². The lowest BCUT2D eigenvalue weighted by atomic mass is 9.89. The second-order valence-electron chi connectivity index (χ2n) is 20.2. The van der Waals surface area contributed by atoms with Crippen molar-refractivity contribution in [1.29, 1.82) is 0 Å². The van der Waals surface area contributed by atoms with Crippen molar-refractivity contribution in [2.75, 3.05) is 41.4 Å². The number of likely N-dealkylation sites (N-methyl/N-ethyl adjacent to an activating group) is 2. The average molecular weight is 969 g/mol. The molecular weight excluding hydrogens is 892 g/mol. The summed E-state index contributed by atoms with van der Waals surface area (Å²) in [6, 6.07) is 1.36. The van der Waals surface area contributed by atoms with E-state index < -0.39 is 71.9 Å². The van der Waals surface area contributed by atoms with Crippen LogP contribution in [-0.2, 0) is 54.3 Å². The molecule has 1 aliphatic carbocycles. The van der Waals surface area contributed by atoms with Crippen LogP contribution >= 0.6 is 0 Å². The smallest absolute Gasteiger partial charge is 0.326 e. The number of ether oxygens (including phenoxy) is 2. The van der Waals surface area contributed by atoms with Gasteiger partial charge in [-0.1, -0.05) is 79.5 Å². The van der Waals surface area contributed by atoms with Crippen molar-refractivity contribution in [2.45, 2.75) is 155 Å². The Kier molecular flexibility index (Phi) is 20.5. The fourth-order valence-electron chi connectivity index (χ4n) is 10.1. The third-order valence-electron chi connectivity index (χ3n) is 14.6. The number of amides is 7. The predicted octanol–water partition coefficient (Wildman–Crippen LogP) is 4.36. The molecule has 17 nitrogen and oxygen atoms in total. The lowest BCUT2D eigenvalue weighted by Crippen LogP contribution is -2.60. The van der Waals surface area contributed by atoms with Gasteiger partial charge in [0.15, 0.2) is 0 Å². The summed E-state index contributed by atoms with van der Waals surface area (Å²) < 4.78 is 26.5. The van der Waals surface area contributed by atoms with Crippen molar-refractivity contribution in [1.82, 2.24) is 30.2 Å². The minimum atomic E-state index is -1.41. The number of carboxylic acid groups (broad SMARTS) is 1. The maximum Gasteiger partial charge on any atom is 0.326 e. The quantitative estimate of drug-likeness (QED) is 0.0833. The number of hydrogen-bond acceptors (Lipinski definition) is 10. The van der Waals surface area contributed by atoms with E-state index in [1.54, 1.807) is 36.9 Å². The molecule has 384 valence electrons. The normalized spacial score (nSPS) is 19.8. The van der Waals surface area contributed by atoms with Crippen molar-refractivity contribution in [3.63, 3.8) is 0 Å². The maximum atomic E-state index is 14.6. The van der Waals surface area contributed by atoms with Gasteiger partial charge in [-0.3, -0.25) is 38.5 Å². The fourth-order valence-corrected chi connectivity index (χ4v) is 10.1. The monoisotopic (exact) mass is 969 g/mol. The summed E-state index contributed by atoms with van der Waals surface area (Å²) in [5, 5.41) is 15.5. The molecule has 2 fully saturated rings. The number of carbonyl (C=O) groups is 8. The van der Waals surface area contributed by atoms with Crippen molar-refractivity contribution in [3.8, 4) is 0 Å². The molecule has 9 atom stereocenters. The van der Waals surface area contributed by atoms with Gasteiger partial charge in [-0.25, -0.2) is 9.18 Å². The highest BCUT2D eigenvalue weighted by Gasteiger charge is 2.56. The maximum absolute atomic E-state index is 14.6. The van der Waals surface area contributed by atoms with E-state index in [0.29, 0.717) is 38.6 Å². The molecule has 1 aromatic rings. The Balaban J connectivity index is 1.46. The number of rotatable bonds is 27. The number of carboxylic acids is 1. The molecule has 2 heterocycles. The van der Waals surface area contributed by atoms with E-state index >= 15 is 0 Å². The summed E-state index contributed by atoms with van der Waals surface area (Å²) in [6.45, 7) is 13.6. The van der Waals surface area contributed by atoms with Gasteiger partial charge < -0.3 is 39.9 Å². The first kappa shape index (κ1) is 56.4. The minimum absolute atomic E-state index is 0.108. The average Bonchev–Trinajstić information content (AvgIpc) is 3.85. The third kappa shape index (κ3) is 14.2. The Morgan fingerprint density at radius 1 is 0.870 bits per heavy atom. The first-order valence-electron chi connectivity index (χ1n) is 24.5. The molecule has 0 radical (unpaired) electrons. The van der Waals surface area contributed by atoms with Crippen LogP contribution in [0.25, 0.3) is 0 Å². The number of hydrogen-bond donors (Lipinski definition) is 3. The summed E-state index contributed by atoms with van der Waals surface area (Å²) in [6.07, 6.45) is 5.29. The third-order valence-corrected chi connectivity index (χ3v) is 14.6. The molecular formula is C51H77FN6O11. The van der Waals surface area contributed by atoms with Crippen LogP contribution in [0, 0.1) is 34.9 Å². The first-order chi connectivity index (χ1) is 32.5. The van der Waals surface area contributed by atoms with Gasteiger partial charge >= 0.3 is 5.97 Å². The van der Waals surface area contributed by atoms with Crippen LogP contribution in [0.1, 0.15) is 112 Å². The lowest BCUT2D eigenvalue weighted by Gasteiger charge is -2.41. The molecule has 7 amide bonds. The van der Waals surface area contributed by atoms with Crippen LogP contribution in [0.5, 0.6) is 0 Å². The second kappa shape index (κ2) is 25.1. The van der Waals surface area contributed by atoms with Crippen molar-refractivity contribution >= 4 is 47.3 Å². The highest BCUT2D eigenvalue weighted by Crippen LogP contribution is 2.56. The van der Waals surface area contributed by atoms with Gasteiger partial charge in [-0.15, -0.1) is 0 Å². The number of unbranched alkanes of at least 4 members (excludes halogenated alkanes) is 2. The van der Waals surface area contributed by atoms with Crippen LogP contribution in [0.15, 0.2) is 36.4 Å². The van der Waals surface area contributed by atoms with Crippen LogP contribution < -0.4 is 10.6 Å². The number of imide groups is 1. The Labute approximate surface area is 407 Å². The number of aliphatic carboxylic acids is 1. The number of likely N-dealkylation sites (tertiary alicyclic amines) is 1. The van der Waals surface area contributed by atoms with E-state index in [1.807, 2.05) is 41.5 Å². The van der Waals surface area contributed by atoms with Crippen LogP contribution in [-0.4, -0.2) is 156 Å². The summed E-state index contributed by atoms with van der Waals surface area (Å²) in [5.41, 5.74) is 0.00741. The number of halogens is 1. The summed E-state index contributed by atoms with van der Waals surface area (Å²) in [5.74, 6) is -6.29. The minimum Gasteiger partial charge on any atom is -0.480 e. The van der Waals surface area contributed by atoms with Gasteiger partial charge in [0.1, 0.15) is 23.9 Å². The number of nitrogens with one attached hydrogen (secondary N) is 2. The molecule has 1 saturated carbocycles. The molecule has 1 aromatic carbocycles. The van der Waals surface area contributed by atoms with E-state index in [-0.39, 0.29) is 84.1 Å². The highest BCUT2D eigenvalue weighted by atomic mass is 19.1. The number of carbonyl (C=O) groups excluding carboxylic acids is 7. The van der Waals surface area contributed by atoms with E-state index in [9.17, 15) is 47.9 Å². The zero-order chi connectivity index (χ0) is 51.5. The largest absolute Gasteiger partial charge is 0.480 e. The fraction of sp³-hybridized carbons (Fsp3) is 0.686. The van der Waals surface area contributed by atoms with Gasteiger partial charge in [0.2, 0.25) is 29.5 Å². The standard InChI is InChI=1S/C51H77FN6O11/c1-12-32(6)45(56(9)49(65)43(30(2)3)54-48(64)44(31(4)5)55(8)39(59)20-14-13-17-25-57-40(60)21-22-41(57)61)38(68-10)27-42(62)58-29-51(23-24-51)28-37(58)46(69-11)33(7)47(63)53-36(50(66)67)26-34-18-15-16-19-35(34)52/h15-16,18-19,21-22,30-33,36-38,43-46H,12-14,17,20,23-29H2,1-11H3,(H,53,63)(H,54,64)(H,66,67)/t32-,33+,36?,37?,38+,43?,44?,45-,46+/m0/s1. The van der Waals surface area contributed by atoms with Crippen LogP contribution in [0.4, 0.5) is 4.39 Å². The molecule has 0 aromatic heterocycles. The Hall–Kier alpha value is -5.23. The number of benzene rings is 1. The van der Waals surface area contributed by atoms with E-state index in [2.05, 4.69) is 10.6 Å². The Morgan fingerprint density at radius 2 is 1.51 bits per heavy atom. The first-order valence-corrected chi connectivity index (χ1v) is 24.5. The van der Waals surface area contributed by atoms with Crippen LogP contribution in [0.2, 0.25) is 0 Å². The Morgan fingerprint density at radius 3 is 2.04 bits per heavy atom. The molecule has 69 heavy (non-hydrogen) atoms. The van der Waals surface area contributed by atoms with E-state index in [0.717, 1.165) is 17.7 Å². The molecule has 4 rings (SSSR count). The summed E-state index contributed by atoms with van der Waals surface area (Å²) in [7, 11) is 6.17. The molecule has 2 aliphatic heterocycles. The summed E-state index contributed by atoms with van der Waals surface area (Å²) >= 11 is 0. The molecule has 18 heteroatoms. The van der Waals surface area contributed by atoms with Gasteiger partial charge in [-0.2, -0.15) is 0 Å². The van der Waals surface area contributed by atoms with E-state index in [4.69, 9.17) is 9.47 Å². The zero-order valence-corrected chi connectivity index (χ0v) is 42.5. The second-order valence-corrected chi connectivity index (χ2v) is 20.2. The SMILES string of the molecule is CC[C@H](C)[C@@H]([C@@H](CC(=O)N1CC2(CC2)CC1[C@H](OC)[C@@H](C)C(=O)NC(Cc1ccccc1F)C(=O)O)OC)N(C)C(=O)C(NC(=O)C(C(C)C)N(C)C(=O)CCCCCN1C(=O)C=CC1=O)C(C)C. The molecule has 3 aliphatic rings. The van der Waals surface area contributed by atoms with E-state index in [1.165, 1.54) is 49.5 Å². The Bertz CT molecular complexity index is 2020. The highest BCUT2D eigenvalue weighted by molar-refractivity contribution is 6.12. The number of methoxy groups -OCH3 is 2. The predicted molar refractivity (Wildman–Crippen MR) is 255 cm³/mol. The van der Waals surface area contributed by atoms with Gasteiger partial charge in [0.05, 0.1) is 36.6 Å². The van der Waals surface area contributed by atoms with Crippen molar-refractivity contribution in [3.05, 3.63) is 47.8 Å². The molecule has 3 N–H and O–H groups in total. The molecule has 1 saturated heterocycles.